The molecule has 1 saturated carbocycles. The number of hydrogen-bond acceptors (Lipinski definition) is 5. The number of aromatic nitrogens is 3. The van der Waals surface area contributed by atoms with Crippen molar-refractivity contribution < 1.29 is 14.0 Å². The molecule has 1 aliphatic carbocycles. The van der Waals surface area contributed by atoms with Crippen molar-refractivity contribution in [1.29, 1.82) is 0 Å². The topological polar surface area (TPSA) is 93.3 Å². The number of carbonyl (C=O) groups is 2. The zero-order chi connectivity index (χ0) is 21.4. The van der Waals surface area contributed by atoms with E-state index in [0.717, 1.165) is 28.7 Å². The van der Waals surface area contributed by atoms with Gasteiger partial charge in [-0.3, -0.25) is 9.59 Å². The fourth-order valence-electron chi connectivity index (χ4n) is 3.98. The fraction of sp³-hybridized carbons (Fsp3) is 0.364. The highest BCUT2D eigenvalue weighted by Gasteiger charge is 2.35. The average Bonchev–Trinajstić information content (AvgIpc) is 3.29. The number of rotatable bonds is 5. The molecule has 1 saturated heterocycles. The Morgan fingerprint density at radius 1 is 1.06 bits per heavy atom. The van der Waals surface area contributed by atoms with Gasteiger partial charge in [0.05, 0.1) is 17.6 Å². The Balaban J connectivity index is 1.26. The Morgan fingerprint density at radius 2 is 1.81 bits per heavy atom. The summed E-state index contributed by atoms with van der Waals surface area (Å²) < 4.78 is 7.97. The summed E-state index contributed by atoms with van der Waals surface area (Å²) in [6.45, 7) is 1.15. The molecule has 3 heterocycles. The van der Waals surface area contributed by atoms with Crippen LogP contribution in [0.5, 0.6) is 0 Å². The average molecular weight is 484 g/mol. The molecule has 31 heavy (non-hydrogen) atoms. The first-order valence-electron chi connectivity index (χ1n) is 10.5. The van der Waals surface area contributed by atoms with E-state index in [0.29, 0.717) is 43.3 Å². The van der Waals surface area contributed by atoms with Crippen molar-refractivity contribution in [3.05, 3.63) is 64.3 Å². The van der Waals surface area contributed by atoms with Crippen LogP contribution in [0.1, 0.15) is 58.3 Å². The van der Waals surface area contributed by atoms with E-state index in [9.17, 15) is 9.59 Å². The first kappa shape index (κ1) is 20.0. The summed E-state index contributed by atoms with van der Waals surface area (Å²) in [7, 11) is 0. The van der Waals surface area contributed by atoms with Crippen molar-refractivity contribution in [3.63, 3.8) is 0 Å². The van der Waals surface area contributed by atoms with Crippen molar-refractivity contribution in [3.8, 4) is 5.69 Å². The van der Waals surface area contributed by atoms with E-state index in [1.54, 1.807) is 21.7 Å². The SMILES string of the molecule is O=C(NC1CCN(C(=O)c2ccco2)CC1)c1nnn(-c2ccc(Br)cc2)c1C1CC1. The van der Waals surface area contributed by atoms with E-state index in [4.69, 9.17) is 4.42 Å². The van der Waals surface area contributed by atoms with Crippen LogP contribution in [0.25, 0.3) is 5.69 Å². The van der Waals surface area contributed by atoms with E-state index in [2.05, 4.69) is 31.6 Å². The van der Waals surface area contributed by atoms with E-state index >= 15 is 0 Å². The largest absolute Gasteiger partial charge is 0.459 e. The first-order chi connectivity index (χ1) is 15.1. The number of nitrogens with one attached hydrogen (secondary N) is 1. The standard InChI is InChI=1S/C22H22BrN5O3/c23-15-5-7-17(8-6-15)28-20(14-3-4-14)19(25-26-28)21(29)24-16-9-11-27(12-10-16)22(30)18-2-1-13-31-18/h1-2,5-8,13-14,16H,3-4,9-12H2,(H,24,29). The summed E-state index contributed by atoms with van der Waals surface area (Å²) in [6.07, 6.45) is 4.96. The third-order valence-electron chi connectivity index (χ3n) is 5.80. The molecule has 2 aliphatic rings. The molecule has 0 bridgehead atoms. The van der Waals surface area contributed by atoms with E-state index in [-0.39, 0.29) is 17.9 Å². The number of likely N-dealkylation sites (tertiary alicyclic amines) is 1. The maximum Gasteiger partial charge on any atom is 0.289 e. The van der Waals surface area contributed by atoms with Crippen molar-refractivity contribution in [2.75, 3.05) is 13.1 Å². The summed E-state index contributed by atoms with van der Waals surface area (Å²) in [5, 5.41) is 11.6. The van der Waals surface area contributed by atoms with Gasteiger partial charge in [0.15, 0.2) is 11.5 Å². The minimum atomic E-state index is -0.193. The Hall–Kier alpha value is -2.94. The van der Waals surface area contributed by atoms with Crippen LogP contribution in [0.3, 0.4) is 0 Å². The molecular weight excluding hydrogens is 462 g/mol. The number of piperidine rings is 1. The Labute approximate surface area is 187 Å². The number of nitrogens with zero attached hydrogens (tertiary/aromatic N) is 4. The lowest BCUT2D eigenvalue weighted by molar-refractivity contribution is 0.0667. The summed E-state index contributed by atoms with van der Waals surface area (Å²) >= 11 is 3.45. The Morgan fingerprint density at radius 3 is 2.45 bits per heavy atom. The third kappa shape index (κ3) is 4.14. The van der Waals surface area contributed by atoms with Crippen molar-refractivity contribution >= 4 is 27.7 Å². The number of carbonyl (C=O) groups excluding carboxylic acids is 2. The molecule has 2 fully saturated rings. The molecule has 9 heteroatoms. The van der Waals surface area contributed by atoms with E-state index in [1.165, 1.54) is 6.26 Å². The molecule has 2 aromatic heterocycles. The number of benzene rings is 1. The molecule has 0 unspecified atom stereocenters. The van der Waals surface area contributed by atoms with Gasteiger partial charge < -0.3 is 14.6 Å². The summed E-state index contributed by atoms with van der Waals surface area (Å²) in [5.41, 5.74) is 2.17. The van der Waals surface area contributed by atoms with Crippen molar-refractivity contribution in [2.24, 2.45) is 0 Å². The second-order valence-corrected chi connectivity index (χ2v) is 8.92. The van der Waals surface area contributed by atoms with Gasteiger partial charge in [0, 0.05) is 29.5 Å². The summed E-state index contributed by atoms with van der Waals surface area (Å²) in [4.78, 5) is 27.2. The Kier molecular flexibility index (Phi) is 5.35. The van der Waals surface area contributed by atoms with Crippen LogP contribution >= 0.6 is 15.9 Å². The van der Waals surface area contributed by atoms with Gasteiger partial charge >= 0.3 is 0 Å². The lowest BCUT2D eigenvalue weighted by atomic mass is 10.0. The third-order valence-corrected chi connectivity index (χ3v) is 6.33. The molecular formula is C22H22BrN5O3. The molecule has 1 N–H and O–H groups in total. The van der Waals surface area contributed by atoms with Crippen LogP contribution in [0, 0.1) is 0 Å². The maximum atomic E-state index is 13.0. The predicted molar refractivity (Wildman–Crippen MR) is 116 cm³/mol. The predicted octanol–water partition coefficient (Wildman–Crippen LogP) is 3.53. The van der Waals surface area contributed by atoms with Gasteiger partial charge in [-0.25, -0.2) is 4.68 Å². The van der Waals surface area contributed by atoms with Gasteiger partial charge in [-0.05, 0) is 62.1 Å². The molecule has 2 amide bonds. The second kappa shape index (κ2) is 8.30. The minimum absolute atomic E-state index is 0.00182. The van der Waals surface area contributed by atoms with Crippen LogP contribution in [0.2, 0.25) is 0 Å². The van der Waals surface area contributed by atoms with Gasteiger partial charge in [0.25, 0.3) is 11.8 Å². The number of hydrogen-bond donors (Lipinski definition) is 1. The van der Waals surface area contributed by atoms with Crippen molar-refractivity contribution in [1.82, 2.24) is 25.2 Å². The Bertz CT molecular complexity index is 1080. The molecule has 3 aromatic rings. The maximum absolute atomic E-state index is 13.0. The number of halogens is 1. The van der Waals surface area contributed by atoms with Crippen LogP contribution in [-0.2, 0) is 0 Å². The zero-order valence-corrected chi connectivity index (χ0v) is 18.4. The van der Waals surface area contributed by atoms with Crippen LogP contribution in [0.15, 0.2) is 51.6 Å². The van der Waals surface area contributed by atoms with E-state index in [1.807, 2.05) is 24.3 Å². The zero-order valence-electron chi connectivity index (χ0n) is 16.8. The van der Waals surface area contributed by atoms with Gasteiger partial charge in [-0.2, -0.15) is 0 Å². The van der Waals surface area contributed by atoms with Crippen molar-refractivity contribution in [2.45, 2.75) is 37.6 Å². The summed E-state index contributed by atoms with van der Waals surface area (Å²) in [6, 6.07) is 11.2. The molecule has 5 rings (SSSR count). The lowest BCUT2D eigenvalue weighted by Gasteiger charge is -2.31. The van der Waals surface area contributed by atoms with Crippen LogP contribution < -0.4 is 5.32 Å². The monoisotopic (exact) mass is 483 g/mol. The number of furan rings is 1. The van der Waals surface area contributed by atoms with Crippen LogP contribution in [0.4, 0.5) is 0 Å². The molecule has 0 spiro atoms. The van der Waals surface area contributed by atoms with Gasteiger partial charge in [-0.15, -0.1) is 5.10 Å². The molecule has 160 valence electrons. The van der Waals surface area contributed by atoms with Crippen LogP contribution in [-0.4, -0.2) is 50.8 Å². The van der Waals surface area contributed by atoms with Gasteiger partial charge in [0.2, 0.25) is 0 Å². The van der Waals surface area contributed by atoms with E-state index < -0.39 is 0 Å². The number of amides is 2. The molecule has 0 radical (unpaired) electrons. The highest BCUT2D eigenvalue weighted by molar-refractivity contribution is 9.10. The smallest absolute Gasteiger partial charge is 0.289 e. The lowest BCUT2D eigenvalue weighted by Crippen LogP contribution is -2.46. The van der Waals surface area contributed by atoms with Gasteiger partial charge in [0.1, 0.15) is 0 Å². The summed E-state index contributed by atoms with van der Waals surface area (Å²) in [5.74, 6) is 0.359. The minimum Gasteiger partial charge on any atom is -0.459 e. The highest BCUT2D eigenvalue weighted by atomic mass is 79.9. The molecule has 8 nitrogen and oxygen atoms in total. The second-order valence-electron chi connectivity index (χ2n) is 8.00. The first-order valence-corrected chi connectivity index (χ1v) is 11.2. The van der Waals surface area contributed by atoms with Gasteiger partial charge in [-0.1, -0.05) is 21.1 Å². The fourth-order valence-corrected chi connectivity index (χ4v) is 4.25. The molecule has 1 aromatic carbocycles. The normalized spacial score (nSPS) is 17.0. The molecule has 0 atom stereocenters. The quantitative estimate of drug-likeness (QED) is 0.598. The highest BCUT2D eigenvalue weighted by Crippen LogP contribution is 2.42. The molecule has 1 aliphatic heterocycles.